The van der Waals surface area contributed by atoms with Crippen molar-refractivity contribution in [3.05, 3.63) is 64.7 Å². The summed E-state index contributed by atoms with van der Waals surface area (Å²) in [5.41, 5.74) is 1.05. The third-order valence-corrected chi connectivity index (χ3v) is 3.05. The van der Waals surface area contributed by atoms with Crippen molar-refractivity contribution in [2.45, 2.75) is 13.0 Å². The number of carbonyl (C=O) groups excluding carboxylic acids is 1. The molecule has 0 radical (unpaired) electrons. The Hall–Kier alpha value is -2.00. The van der Waals surface area contributed by atoms with Crippen LogP contribution in [0, 0.1) is 0 Å². The Kier molecular flexibility index (Phi) is 4.07. The summed E-state index contributed by atoms with van der Waals surface area (Å²) < 4.78 is 5.32. The second-order valence-corrected chi connectivity index (χ2v) is 4.53. The van der Waals surface area contributed by atoms with Gasteiger partial charge < -0.3 is 9.84 Å². The Bertz CT molecular complexity index is 595. The van der Waals surface area contributed by atoms with Crippen molar-refractivity contribution in [3.8, 4) is 5.75 Å². The standard InChI is InChI=1S/C15H13ClO3/c1-10(13-7-2-3-8-14(13)16)19-15(18)11-5-4-6-12(17)9-11/h2-10,17H,1H3. The summed E-state index contributed by atoms with van der Waals surface area (Å²) in [4.78, 5) is 11.9. The third kappa shape index (κ3) is 3.26. The highest BCUT2D eigenvalue weighted by molar-refractivity contribution is 6.31. The minimum absolute atomic E-state index is 0.0276. The average molecular weight is 277 g/mol. The van der Waals surface area contributed by atoms with Crippen LogP contribution < -0.4 is 0 Å². The predicted molar refractivity (Wildman–Crippen MR) is 73.4 cm³/mol. The van der Waals surface area contributed by atoms with Crippen LogP contribution in [0.3, 0.4) is 0 Å². The van der Waals surface area contributed by atoms with Gasteiger partial charge in [0.2, 0.25) is 0 Å². The van der Waals surface area contributed by atoms with Gasteiger partial charge in [0.1, 0.15) is 11.9 Å². The van der Waals surface area contributed by atoms with Gasteiger partial charge in [0.25, 0.3) is 0 Å². The summed E-state index contributed by atoms with van der Waals surface area (Å²) >= 11 is 6.04. The first-order valence-corrected chi connectivity index (χ1v) is 6.20. The molecule has 2 rings (SSSR count). The van der Waals surface area contributed by atoms with Crippen molar-refractivity contribution in [1.82, 2.24) is 0 Å². The lowest BCUT2D eigenvalue weighted by molar-refractivity contribution is 0.0337. The van der Waals surface area contributed by atoms with E-state index < -0.39 is 12.1 Å². The van der Waals surface area contributed by atoms with Crippen molar-refractivity contribution < 1.29 is 14.6 Å². The Labute approximate surface area is 116 Å². The van der Waals surface area contributed by atoms with E-state index in [1.54, 1.807) is 25.1 Å². The average Bonchev–Trinajstić information content (AvgIpc) is 2.39. The molecule has 1 unspecified atom stereocenters. The Balaban J connectivity index is 2.13. The molecule has 2 aromatic carbocycles. The molecule has 0 spiro atoms. The van der Waals surface area contributed by atoms with E-state index in [9.17, 15) is 9.90 Å². The van der Waals surface area contributed by atoms with Crippen LogP contribution in [0.2, 0.25) is 5.02 Å². The fourth-order valence-electron chi connectivity index (χ4n) is 1.73. The Morgan fingerprint density at radius 2 is 1.95 bits per heavy atom. The number of rotatable bonds is 3. The van der Waals surface area contributed by atoms with Crippen LogP contribution >= 0.6 is 11.6 Å². The first-order valence-electron chi connectivity index (χ1n) is 5.82. The third-order valence-electron chi connectivity index (χ3n) is 2.71. The molecule has 0 aliphatic carbocycles. The normalized spacial score (nSPS) is 11.9. The summed E-state index contributed by atoms with van der Waals surface area (Å²) in [6.07, 6.45) is -0.455. The first-order chi connectivity index (χ1) is 9.08. The lowest BCUT2D eigenvalue weighted by Gasteiger charge is -2.15. The Morgan fingerprint density at radius 3 is 2.63 bits per heavy atom. The van der Waals surface area contributed by atoms with E-state index in [0.717, 1.165) is 5.56 Å². The minimum atomic E-state index is -0.497. The van der Waals surface area contributed by atoms with Gasteiger partial charge in [-0.3, -0.25) is 0 Å². The van der Waals surface area contributed by atoms with Gasteiger partial charge in [-0.1, -0.05) is 35.9 Å². The molecule has 1 atom stereocenters. The summed E-state index contributed by atoms with van der Waals surface area (Å²) in [5, 5.41) is 9.88. The zero-order valence-electron chi connectivity index (χ0n) is 10.3. The maximum absolute atomic E-state index is 11.9. The van der Waals surface area contributed by atoms with Crippen LogP contribution in [0.4, 0.5) is 0 Å². The van der Waals surface area contributed by atoms with E-state index in [1.807, 2.05) is 18.2 Å². The summed E-state index contributed by atoms with van der Waals surface area (Å²) in [6.45, 7) is 1.75. The molecule has 0 bridgehead atoms. The van der Waals surface area contributed by atoms with Crippen molar-refractivity contribution in [3.63, 3.8) is 0 Å². The van der Waals surface area contributed by atoms with Gasteiger partial charge >= 0.3 is 5.97 Å². The minimum Gasteiger partial charge on any atom is -0.508 e. The Morgan fingerprint density at radius 1 is 1.21 bits per heavy atom. The summed E-state index contributed by atoms with van der Waals surface area (Å²) in [5.74, 6) is -0.469. The molecule has 0 saturated heterocycles. The molecule has 0 heterocycles. The predicted octanol–water partition coefficient (Wildman–Crippen LogP) is 3.96. The number of benzene rings is 2. The maximum Gasteiger partial charge on any atom is 0.338 e. The number of hydrogen-bond donors (Lipinski definition) is 1. The molecule has 2 aromatic rings. The number of halogens is 1. The highest BCUT2D eigenvalue weighted by Gasteiger charge is 2.15. The molecule has 0 aliphatic rings. The largest absolute Gasteiger partial charge is 0.508 e. The molecule has 98 valence electrons. The first kappa shape index (κ1) is 13.4. The number of carbonyl (C=O) groups is 1. The van der Waals surface area contributed by atoms with Crippen molar-refractivity contribution >= 4 is 17.6 Å². The zero-order valence-corrected chi connectivity index (χ0v) is 11.1. The number of esters is 1. The highest BCUT2D eigenvalue weighted by atomic mass is 35.5. The van der Waals surface area contributed by atoms with E-state index in [1.165, 1.54) is 12.1 Å². The number of ether oxygens (including phenoxy) is 1. The van der Waals surface area contributed by atoms with E-state index >= 15 is 0 Å². The quantitative estimate of drug-likeness (QED) is 0.863. The van der Waals surface area contributed by atoms with Crippen molar-refractivity contribution in [2.75, 3.05) is 0 Å². The molecule has 4 heteroatoms. The van der Waals surface area contributed by atoms with E-state index in [4.69, 9.17) is 16.3 Å². The number of phenolic OH excluding ortho intramolecular Hbond substituents is 1. The smallest absolute Gasteiger partial charge is 0.338 e. The zero-order chi connectivity index (χ0) is 13.8. The second-order valence-electron chi connectivity index (χ2n) is 4.12. The van der Waals surface area contributed by atoms with Gasteiger partial charge in [-0.2, -0.15) is 0 Å². The fourth-order valence-corrected chi connectivity index (χ4v) is 2.02. The molecule has 0 amide bonds. The summed E-state index contributed by atoms with van der Waals surface area (Å²) in [7, 11) is 0. The van der Waals surface area contributed by atoms with Gasteiger partial charge in [-0.05, 0) is 31.2 Å². The van der Waals surface area contributed by atoms with E-state index in [-0.39, 0.29) is 5.75 Å². The van der Waals surface area contributed by atoms with E-state index in [0.29, 0.717) is 10.6 Å². The van der Waals surface area contributed by atoms with Gasteiger partial charge in [-0.15, -0.1) is 0 Å². The maximum atomic E-state index is 11.9. The van der Waals surface area contributed by atoms with Crippen LogP contribution in [0.5, 0.6) is 5.75 Å². The molecule has 0 aliphatic heterocycles. The highest BCUT2D eigenvalue weighted by Crippen LogP contribution is 2.26. The number of aromatic hydroxyl groups is 1. The SMILES string of the molecule is CC(OC(=O)c1cccc(O)c1)c1ccccc1Cl. The molecule has 3 nitrogen and oxygen atoms in total. The lowest BCUT2D eigenvalue weighted by atomic mass is 10.1. The molecule has 19 heavy (non-hydrogen) atoms. The molecule has 0 aromatic heterocycles. The van der Waals surface area contributed by atoms with Crippen molar-refractivity contribution in [2.24, 2.45) is 0 Å². The van der Waals surface area contributed by atoms with Crippen LogP contribution in [-0.2, 0) is 4.74 Å². The monoisotopic (exact) mass is 276 g/mol. The van der Waals surface area contributed by atoms with Gasteiger partial charge in [-0.25, -0.2) is 4.79 Å². The number of hydrogen-bond acceptors (Lipinski definition) is 3. The van der Waals surface area contributed by atoms with Crippen LogP contribution in [0.25, 0.3) is 0 Å². The van der Waals surface area contributed by atoms with Crippen molar-refractivity contribution in [1.29, 1.82) is 0 Å². The molecular formula is C15H13ClO3. The van der Waals surface area contributed by atoms with Crippen LogP contribution in [0.15, 0.2) is 48.5 Å². The molecule has 0 fully saturated rings. The van der Waals surface area contributed by atoms with Gasteiger partial charge in [0, 0.05) is 10.6 Å². The fraction of sp³-hybridized carbons (Fsp3) is 0.133. The second kappa shape index (κ2) is 5.76. The van der Waals surface area contributed by atoms with Gasteiger partial charge in [0.05, 0.1) is 5.56 Å². The van der Waals surface area contributed by atoms with E-state index in [2.05, 4.69) is 0 Å². The number of phenols is 1. The molecular weight excluding hydrogens is 264 g/mol. The lowest BCUT2D eigenvalue weighted by Crippen LogP contribution is -2.09. The van der Waals surface area contributed by atoms with Gasteiger partial charge in [0.15, 0.2) is 0 Å². The van der Waals surface area contributed by atoms with Crippen LogP contribution in [0.1, 0.15) is 28.9 Å². The molecule has 0 saturated carbocycles. The van der Waals surface area contributed by atoms with Crippen LogP contribution in [-0.4, -0.2) is 11.1 Å². The topological polar surface area (TPSA) is 46.5 Å². The molecule has 1 N–H and O–H groups in total. The summed E-state index contributed by atoms with van der Waals surface area (Å²) in [6, 6.07) is 13.2.